The molecule has 6 nitrogen and oxygen atoms in total. The lowest BCUT2D eigenvalue weighted by Crippen LogP contribution is -2.32. The molecule has 2 rings (SSSR count). The molecule has 0 aromatic carbocycles. The average molecular weight is 313 g/mol. The van der Waals surface area contributed by atoms with Gasteiger partial charge in [0.15, 0.2) is 0 Å². The summed E-state index contributed by atoms with van der Waals surface area (Å²) in [5, 5.41) is 10.7. The van der Waals surface area contributed by atoms with Crippen molar-refractivity contribution in [3.63, 3.8) is 0 Å². The van der Waals surface area contributed by atoms with Crippen molar-refractivity contribution in [3.8, 4) is 0 Å². The van der Waals surface area contributed by atoms with E-state index in [1.165, 1.54) is 0 Å². The van der Waals surface area contributed by atoms with Crippen LogP contribution in [0.25, 0.3) is 11.1 Å². The third-order valence-corrected chi connectivity index (χ3v) is 3.00. The lowest BCUT2D eigenvalue weighted by molar-refractivity contribution is 0.0955. The monoisotopic (exact) mass is 312 g/mol. The molecular weight excluding hydrogens is 292 g/mol. The summed E-state index contributed by atoms with van der Waals surface area (Å²) in [6.07, 6.45) is 1.08. The van der Waals surface area contributed by atoms with Crippen molar-refractivity contribution in [1.82, 2.24) is 20.8 Å². The number of rotatable bonds is 6. The van der Waals surface area contributed by atoms with Gasteiger partial charge in [-0.15, -0.1) is 12.4 Å². The Morgan fingerprint density at radius 3 is 2.76 bits per heavy atom. The van der Waals surface area contributed by atoms with Crippen LogP contribution in [-0.2, 0) is 0 Å². The molecule has 21 heavy (non-hydrogen) atoms. The van der Waals surface area contributed by atoms with Crippen LogP contribution in [0, 0.1) is 13.8 Å². The Kier molecular flexibility index (Phi) is 6.58. The van der Waals surface area contributed by atoms with Crippen molar-refractivity contribution in [1.29, 1.82) is 0 Å². The normalized spacial score (nSPS) is 10.4. The van der Waals surface area contributed by atoms with Crippen molar-refractivity contribution in [3.05, 3.63) is 23.0 Å². The fraction of sp³-hybridized carbons (Fsp3) is 0.500. The first kappa shape index (κ1) is 17.4. The Hall–Kier alpha value is -1.66. The second kappa shape index (κ2) is 7.95. The van der Waals surface area contributed by atoms with Gasteiger partial charge in [-0.05, 0) is 32.9 Å². The molecule has 0 bridgehead atoms. The van der Waals surface area contributed by atoms with Crippen molar-refractivity contribution in [2.24, 2.45) is 0 Å². The Morgan fingerprint density at radius 2 is 2.05 bits per heavy atom. The summed E-state index contributed by atoms with van der Waals surface area (Å²) in [4.78, 5) is 16.5. The van der Waals surface area contributed by atoms with Gasteiger partial charge in [0.1, 0.15) is 0 Å². The number of hydrogen-bond donors (Lipinski definition) is 2. The van der Waals surface area contributed by atoms with E-state index < -0.39 is 0 Å². The first-order chi connectivity index (χ1) is 9.63. The molecule has 2 aromatic heterocycles. The third-order valence-electron chi connectivity index (χ3n) is 3.00. The van der Waals surface area contributed by atoms with Crippen LogP contribution in [-0.4, -0.2) is 35.7 Å². The number of amides is 1. The van der Waals surface area contributed by atoms with Crippen molar-refractivity contribution < 1.29 is 9.32 Å². The summed E-state index contributed by atoms with van der Waals surface area (Å²) in [6, 6.07) is 1.77. The van der Waals surface area contributed by atoms with E-state index in [0.717, 1.165) is 25.2 Å². The minimum atomic E-state index is -0.120. The second-order valence-electron chi connectivity index (χ2n) is 4.77. The molecule has 0 unspecified atom stereocenters. The summed E-state index contributed by atoms with van der Waals surface area (Å²) in [6.45, 7) is 8.05. The molecule has 1 amide bonds. The minimum Gasteiger partial charge on any atom is -0.351 e. The van der Waals surface area contributed by atoms with Crippen LogP contribution < -0.4 is 10.6 Å². The quantitative estimate of drug-likeness (QED) is 0.797. The zero-order valence-corrected chi connectivity index (χ0v) is 13.3. The van der Waals surface area contributed by atoms with Crippen LogP contribution >= 0.6 is 12.4 Å². The Bertz CT molecular complexity index is 612. The molecule has 0 aliphatic heterocycles. The van der Waals surface area contributed by atoms with Gasteiger partial charge in [0.2, 0.25) is 0 Å². The average Bonchev–Trinajstić information content (AvgIpc) is 2.79. The van der Waals surface area contributed by atoms with Gasteiger partial charge in [-0.25, -0.2) is 4.98 Å². The fourth-order valence-corrected chi connectivity index (χ4v) is 2.06. The lowest BCUT2D eigenvalue weighted by atomic mass is 10.1. The molecule has 0 radical (unpaired) electrons. The van der Waals surface area contributed by atoms with E-state index in [4.69, 9.17) is 4.52 Å². The number of carbonyl (C=O) groups is 1. The van der Waals surface area contributed by atoms with Crippen LogP contribution in [0.5, 0.6) is 0 Å². The molecule has 0 saturated carbocycles. The Balaban J connectivity index is 0.00000220. The summed E-state index contributed by atoms with van der Waals surface area (Å²) >= 11 is 0. The van der Waals surface area contributed by atoms with E-state index in [-0.39, 0.29) is 18.3 Å². The molecule has 0 aliphatic carbocycles. The molecule has 0 atom stereocenters. The predicted molar refractivity (Wildman–Crippen MR) is 84.0 cm³/mol. The van der Waals surface area contributed by atoms with Crippen LogP contribution in [0.2, 0.25) is 0 Å². The lowest BCUT2D eigenvalue weighted by Gasteiger charge is -2.07. The van der Waals surface area contributed by atoms with Crippen LogP contribution in [0.15, 0.2) is 10.6 Å². The van der Waals surface area contributed by atoms with E-state index >= 15 is 0 Å². The summed E-state index contributed by atoms with van der Waals surface area (Å²) in [5.41, 5.74) is 2.41. The highest BCUT2D eigenvalue weighted by Crippen LogP contribution is 2.21. The summed E-state index contributed by atoms with van der Waals surface area (Å²) < 4.78 is 5.12. The molecule has 2 heterocycles. The standard InChI is InChI=1S/C14H20N4O2.ClH/c1-4-5-15-6-7-16-13(19)11-8-9(2)17-14-12(11)10(3)18-20-14;/h8,15H,4-7H2,1-3H3,(H,16,19);1H. The highest BCUT2D eigenvalue weighted by molar-refractivity contribution is 6.06. The SMILES string of the molecule is CCCNCCNC(=O)c1cc(C)nc2onc(C)c12.Cl. The largest absolute Gasteiger partial charge is 0.351 e. The van der Waals surface area contributed by atoms with E-state index in [0.29, 0.717) is 28.9 Å². The van der Waals surface area contributed by atoms with Crippen molar-refractivity contribution in [2.45, 2.75) is 27.2 Å². The van der Waals surface area contributed by atoms with E-state index in [1.54, 1.807) is 6.07 Å². The Labute approximate surface area is 130 Å². The number of carbonyl (C=O) groups excluding carboxylic acids is 1. The van der Waals surface area contributed by atoms with Gasteiger partial charge in [-0.3, -0.25) is 4.79 Å². The fourth-order valence-electron chi connectivity index (χ4n) is 2.06. The molecule has 2 aromatic rings. The molecule has 0 fully saturated rings. The maximum Gasteiger partial charge on any atom is 0.258 e. The van der Waals surface area contributed by atoms with Gasteiger partial charge in [0.05, 0.1) is 16.6 Å². The zero-order valence-electron chi connectivity index (χ0n) is 12.5. The van der Waals surface area contributed by atoms with Crippen LogP contribution in [0.1, 0.15) is 35.1 Å². The molecular formula is C14H21ClN4O2. The van der Waals surface area contributed by atoms with E-state index in [2.05, 4.69) is 27.7 Å². The number of nitrogens with zero attached hydrogens (tertiary/aromatic N) is 2. The smallest absolute Gasteiger partial charge is 0.258 e. The third kappa shape index (κ3) is 4.15. The maximum absolute atomic E-state index is 12.3. The number of pyridine rings is 1. The predicted octanol–water partition coefficient (Wildman–Crippen LogP) is 1.99. The van der Waals surface area contributed by atoms with Gasteiger partial charge < -0.3 is 15.2 Å². The first-order valence-electron chi connectivity index (χ1n) is 6.86. The van der Waals surface area contributed by atoms with Gasteiger partial charge in [0, 0.05) is 18.8 Å². The Morgan fingerprint density at radius 1 is 1.29 bits per heavy atom. The van der Waals surface area contributed by atoms with Gasteiger partial charge >= 0.3 is 0 Å². The first-order valence-corrected chi connectivity index (χ1v) is 6.86. The van der Waals surface area contributed by atoms with E-state index in [9.17, 15) is 4.79 Å². The number of halogens is 1. The van der Waals surface area contributed by atoms with Gasteiger partial charge in [-0.2, -0.15) is 0 Å². The molecule has 0 aliphatic rings. The molecule has 116 valence electrons. The highest BCUT2D eigenvalue weighted by atomic mass is 35.5. The molecule has 0 spiro atoms. The van der Waals surface area contributed by atoms with E-state index in [1.807, 2.05) is 13.8 Å². The topological polar surface area (TPSA) is 80.0 Å². The van der Waals surface area contributed by atoms with Gasteiger partial charge in [0.25, 0.3) is 11.6 Å². The summed E-state index contributed by atoms with van der Waals surface area (Å²) in [7, 11) is 0. The van der Waals surface area contributed by atoms with Crippen LogP contribution in [0.3, 0.4) is 0 Å². The summed E-state index contributed by atoms with van der Waals surface area (Å²) in [5.74, 6) is -0.120. The highest BCUT2D eigenvalue weighted by Gasteiger charge is 2.17. The number of nitrogens with one attached hydrogen (secondary N) is 2. The number of fused-ring (bicyclic) bond motifs is 1. The number of aryl methyl sites for hydroxylation is 2. The zero-order chi connectivity index (χ0) is 14.5. The second-order valence-corrected chi connectivity index (χ2v) is 4.77. The molecule has 2 N–H and O–H groups in total. The maximum atomic E-state index is 12.3. The van der Waals surface area contributed by atoms with Crippen molar-refractivity contribution in [2.75, 3.05) is 19.6 Å². The number of aromatic nitrogens is 2. The minimum absolute atomic E-state index is 0. The molecule has 7 heteroatoms. The number of hydrogen-bond acceptors (Lipinski definition) is 5. The van der Waals surface area contributed by atoms with Crippen molar-refractivity contribution >= 4 is 29.4 Å². The van der Waals surface area contributed by atoms with Crippen LogP contribution in [0.4, 0.5) is 0 Å². The molecule has 0 saturated heterocycles. The van der Waals surface area contributed by atoms with Gasteiger partial charge in [-0.1, -0.05) is 12.1 Å².